The molecule has 2 aromatic rings. The predicted octanol–water partition coefficient (Wildman–Crippen LogP) is 4.77. The third-order valence-electron chi connectivity index (χ3n) is 4.79. The van der Waals surface area contributed by atoms with Crippen LogP contribution >= 0.6 is 0 Å². The molecule has 2 rings (SSSR count). The second-order valence-corrected chi connectivity index (χ2v) is 7.21. The molecule has 4 heteroatoms. The summed E-state index contributed by atoms with van der Waals surface area (Å²) in [5.74, 6) is 0. The van der Waals surface area contributed by atoms with Crippen LogP contribution in [0.4, 0.5) is 0 Å². The predicted molar refractivity (Wildman–Crippen MR) is 132 cm³/mol. The van der Waals surface area contributed by atoms with Crippen LogP contribution in [0.2, 0.25) is 0 Å². The minimum absolute atomic E-state index is 0.0627. The van der Waals surface area contributed by atoms with Gasteiger partial charge in [-0.15, -0.1) is 0 Å². The van der Waals surface area contributed by atoms with E-state index in [2.05, 4.69) is 40.3 Å². The summed E-state index contributed by atoms with van der Waals surface area (Å²) in [5, 5.41) is 0. The van der Waals surface area contributed by atoms with Crippen LogP contribution in [-0.4, -0.2) is 37.6 Å². The maximum absolute atomic E-state index is 6.16. The molecule has 0 aliphatic carbocycles. The molecule has 0 radical (unpaired) electrons. The van der Waals surface area contributed by atoms with Gasteiger partial charge in [-0.05, 0) is 36.1 Å². The van der Waals surface area contributed by atoms with Crippen molar-refractivity contribution in [2.75, 3.05) is 13.1 Å². The summed E-state index contributed by atoms with van der Waals surface area (Å²) in [5.41, 5.74) is 14.3. The number of nitrogens with two attached hydrogens (primary N) is 2. The average molecular weight is 403 g/mol. The Kier molecular flexibility index (Phi) is 11.8. The molecular weight excluding hydrogens is 368 g/mol. The summed E-state index contributed by atoms with van der Waals surface area (Å²) < 4.78 is 0. The molecule has 0 spiro atoms. The van der Waals surface area contributed by atoms with Gasteiger partial charge in [0.25, 0.3) is 0 Å². The lowest BCUT2D eigenvalue weighted by Gasteiger charge is -2.18. The summed E-state index contributed by atoms with van der Waals surface area (Å²) in [6.07, 6.45) is 16.0. The molecule has 0 aliphatic heterocycles. The van der Waals surface area contributed by atoms with E-state index in [9.17, 15) is 0 Å². The monoisotopic (exact) mass is 402 g/mol. The van der Waals surface area contributed by atoms with Crippen molar-refractivity contribution in [3.8, 4) is 0 Å². The number of nitrogens with zero attached hydrogens (tertiary/aromatic N) is 2. The second kappa shape index (κ2) is 15.1. The SMILES string of the molecule is NCC(N)C(CCCCCN=CC=Cc1ccccc1)N=CC=Cc1ccccc1. The Morgan fingerprint density at radius 2 is 1.37 bits per heavy atom. The molecule has 2 atom stereocenters. The van der Waals surface area contributed by atoms with Crippen molar-refractivity contribution in [1.82, 2.24) is 0 Å². The van der Waals surface area contributed by atoms with Gasteiger partial charge in [-0.1, -0.05) is 85.7 Å². The maximum atomic E-state index is 6.16. The van der Waals surface area contributed by atoms with Crippen LogP contribution in [0.5, 0.6) is 0 Å². The number of unbranched alkanes of at least 4 members (excludes halogenated alkanes) is 2. The summed E-state index contributed by atoms with van der Waals surface area (Å²) in [6.45, 7) is 1.29. The quantitative estimate of drug-likeness (QED) is 0.374. The molecule has 0 amide bonds. The first kappa shape index (κ1) is 23.5. The molecule has 4 N–H and O–H groups in total. The van der Waals surface area contributed by atoms with Crippen LogP contribution in [0.1, 0.15) is 36.8 Å². The minimum Gasteiger partial charge on any atom is -0.329 e. The summed E-state index contributed by atoms with van der Waals surface area (Å²) in [6, 6.07) is 20.4. The lowest BCUT2D eigenvalue weighted by atomic mass is 10.0. The first-order chi connectivity index (χ1) is 14.8. The Bertz CT molecular complexity index is 794. The highest BCUT2D eigenvalue weighted by atomic mass is 14.9. The molecule has 30 heavy (non-hydrogen) atoms. The fourth-order valence-electron chi connectivity index (χ4n) is 3.02. The van der Waals surface area contributed by atoms with Crippen LogP contribution in [0, 0.1) is 0 Å². The third kappa shape index (κ3) is 10.1. The van der Waals surface area contributed by atoms with E-state index in [4.69, 9.17) is 11.5 Å². The third-order valence-corrected chi connectivity index (χ3v) is 4.79. The number of benzene rings is 2. The van der Waals surface area contributed by atoms with Crippen molar-refractivity contribution >= 4 is 24.6 Å². The average Bonchev–Trinajstić information content (AvgIpc) is 2.80. The van der Waals surface area contributed by atoms with E-state index >= 15 is 0 Å². The van der Waals surface area contributed by atoms with Crippen molar-refractivity contribution < 1.29 is 0 Å². The first-order valence-electron chi connectivity index (χ1n) is 10.7. The molecule has 4 nitrogen and oxygen atoms in total. The molecule has 2 unspecified atom stereocenters. The van der Waals surface area contributed by atoms with Crippen molar-refractivity contribution in [1.29, 1.82) is 0 Å². The van der Waals surface area contributed by atoms with Gasteiger partial charge < -0.3 is 11.5 Å². The van der Waals surface area contributed by atoms with E-state index < -0.39 is 0 Å². The zero-order valence-electron chi connectivity index (χ0n) is 17.7. The highest BCUT2D eigenvalue weighted by molar-refractivity contribution is 5.78. The van der Waals surface area contributed by atoms with E-state index in [1.165, 1.54) is 5.56 Å². The second-order valence-electron chi connectivity index (χ2n) is 7.21. The van der Waals surface area contributed by atoms with E-state index in [1.807, 2.05) is 67.1 Å². The van der Waals surface area contributed by atoms with Crippen molar-refractivity contribution in [2.24, 2.45) is 21.5 Å². The van der Waals surface area contributed by atoms with Gasteiger partial charge in [0.1, 0.15) is 0 Å². The van der Waals surface area contributed by atoms with Gasteiger partial charge in [0.05, 0.1) is 6.04 Å². The number of hydrogen-bond donors (Lipinski definition) is 2. The van der Waals surface area contributed by atoms with Crippen molar-refractivity contribution in [3.05, 3.63) is 83.9 Å². The number of allylic oxidation sites excluding steroid dienone is 2. The maximum Gasteiger partial charge on any atom is 0.0662 e. The Morgan fingerprint density at radius 3 is 1.97 bits per heavy atom. The molecule has 0 bridgehead atoms. The topological polar surface area (TPSA) is 76.8 Å². The Labute approximate surface area is 181 Å². The fraction of sp³-hybridized carbons (Fsp3) is 0.308. The van der Waals surface area contributed by atoms with E-state index in [0.717, 1.165) is 37.8 Å². The molecule has 158 valence electrons. The lowest BCUT2D eigenvalue weighted by Crippen LogP contribution is -2.40. The van der Waals surface area contributed by atoms with Gasteiger partial charge in [0.2, 0.25) is 0 Å². The van der Waals surface area contributed by atoms with Gasteiger partial charge in [-0.25, -0.2) is 0 Å². The molecule has 0 saturated heterocycles. The molecule has 0 aliphatic rings. The van der Waals surface area contributed by atoms with Crippen LogP contribution in [-0.2, 0) is 0 Å². The zero-order valence-corrected chi connectivity index (χ0v) is 17.7. The molecule has 0 heterocycles. The highest BCUT2D eigenvalue weighted by Gasteiger charge is 2.13. The minimum atomic E-state index is -0.104. The molecular formula is C26H34N4. The summed E-state index contributed by atoms with van der Waals surface area (Å²) in [7, 11) is 0. The van der Waals surface area contributed by atoms with Crippen molar-refractivity contribution in [2.45, 2.75) is 37.8 Å². The standard InChI is InChI=1S/C26H34N4/c27-22-25(28)26(30-21-11-17-24-14-6-2-7-15-24)18-8-3-9-19-29-20-10-16-23-12-4-1-5-13-23/h1-2,4-7,10-17,20-21,25-26H,3,8-9,18-19,22,27-28H2. The van der Waals surface area contributed by atoms with Gasteiger partial charge >= 0.3 is 0 Å². The van der Waals surface area contributed by atoms with Crippen LogP contribution in [0.3, 0.4) is 0 Å². The largest absolute Gasteiger partial charge is 0.329 e. The lowest BCUT2D eigenvalue weighted by molar-refractivity contribution is 0.479. The summed E-state index contributed by atoms with van der Waals surface area (Å²) >= 11 is 0. The van der Waals surface area contributed by atoms with Gasteiger partial charge in [-0.3, -0.25) is 9.98 Å². The van der Waals surface area contributed by atoms with Crippen LogP contribution in [0.15, 0.2) is 82.8 Å². The fourth-order valence-corrected chi connectivity index (χ4v) is 3.02. The summed E-state index contributed by atoms with van der Waals surface area (Å²) in [4.78, 5) is 9.09. The van der Waals surface area contributed by atoms with Crippen LogP contribution < -0.4 is 11.5 Å². The number of aliphatic imine (C=N–C) groups is 2. The van der Waals surface area contributed by atoms with Crippen molar-refractivity contribution in [3.63, 3.8) is 0 Å². The molecule has 0 saturated carbocycles. The Hall–Kier alpha value is -2.82. The molecule has 2 aromatic carbocycles. The number of rotatable bonds is 13. The zero-order chi connectivity index (χ0) is 21.3. The highest BCUT2D eigenvalue weighted by Crippen LogP contribution is 2.10. The Balaban J connectivity index is 1.65. The molecule has 0 fully saturated rings. The van der Waals surface area contributed by atoms with Gasteiger partial charge in [0.15, 0.2) is 0 Å². The van der Waals surface area contributed by atoms with Crippen LogP contribution in [0.25, 0.3) is 12.2 Å². The van der Waals surface area contributed by atoms with Gasteiger partial charge in [-0.2, -0.15) is 0 Å². The number of hydrogen-bond acceptors (Lipinski definition) is 4. The Morgan fingerprint density at radius 1 is 0.767 bits per heavy atom. The normalized spacial score (nSPS) is 14.3. The smallest absolute Gasteiger partial charge is 0.0662 e. The van der Waals surface area contributed by atoms with E-state index in [0.29, 0.717) is 6.54 Å². The first-order valence-corrected chi connectivity index (χ1v) is 10.7. The molecule has 0 aromatic heterocycles. The van der Waals surface area contributed by atoms with E-state index in [1.54, 1.807) is 0 Å². The van der Waals surface area contributed by atoms with Gasteiger partial charge in [0, 0.05) is 31.6 Å². The van der Waals surface area contributed by atoms with E-state index in [-0.39, 0.29) is 12.1 Å².